The molecule has 1 amide bonds. The lowest BCUT2D eigenvalue weighted by molar-refractivity contribution is 0.0729. The molecule has 2 atom stereocenters. The summed E-state index contributed by atoms with van der Waals surface area (Å²) in [6.45, 7) is 1.16. The van der Waals surface area contributed by atoms with E-state index in [1.807, 2.05) is 0 Å². The van der Waals surface area contributed by atoms with E-state index < -0.39 is 10.0 Å². The maximum absolute atomic E-state index is 12.4. The summed E-state index contributed by atoms with van der Waals surface area (Å²) in [6, 6.07) is 1.63. The van der Waals surface area contributed by atoms with Crippen molar-refractivity contribution in [3.63, 3.8) is 0 Å². The molecule has 3 heterocycles. The first kappa shape index (κ1) is 13.3. The van der Waals surface area contributed by atoms with Gasteiger partial charge in [-0.05, 0) is 31.7 Å². The van der Waals surface area contributed by atoms with Gasteiger partial charge in [0, 0.05) is 25.3 Å². The first-order valence-electron chi connectivity index (χ1n) is 7.40. The smallest absolute Gasteiger partial charge is 0.272 e. The van der Waals surface area contributed by atoms with Crippen molar-refractivity contribution in [3.05, 3.63) is 18.0 Å². The van der Waals surface area contributed by atoms with E-state index in [0.717, 1.165) is 25.7 Å². The minimum atomic E-state index is -3.15. The average molecular weight is 310 g/mol. The zero-order chi connectivity index (χ0) is 14.6. The Bertz CT molecular complexity index is 653. The van der Waals surface area contributed by atoms with Crippen LogP contribution in [0.1, 0.15) is 36.2 Å². The molecule has 3 fully saturated rings. The summed E-state index contributed by atoms with van der Waals surface area (Å²) in [5.74, 6) is -0.0781. The van der Waals surface area contributed by atoms with Gasteiger partial charge in [0.1, 0.15) is 5.69 Å². The molecule has 0 unspecified atom stereocenters. The van der Waals surface area contributed by atoms with Crippen LogP contribution in [0.25, 0.3) is 0 Å². The van der Waals surface area contributed by atoms with Gasteiger partial charge in [0.25, 0.3) is 5.91 Å². The normalized spacial score (nSPS) is 29.8. The van der Waals surface area contributed by atoms with E-state index in [1.54, 1.807) is 21.5 Å². The number of hydrogen-bond acceptors (Lipinski definition) is 4. The summed E-state index contributed by atoms with van der Waals surface area (Å²) < 4.78 is 26.6. The molecular formula is C13H18N4O3S. The Labute approximate surface area is 123 Å². The fourth-order valence-electron chi connectivity index (χ4n) is 3.60. The summed E-state index contributed by atoms with van der Waals surface area (Å²) in [7, 11) is -3.15. The highest BCUT2D eigenvalue weighted by molar-refractivity contribution is 7.90. The number of amides is 1. The molecule has 0 spiro atoms. The SMILES string of the molecule is O=C(c1ccn[nH]1)N1CC[C@H]2[C@H]1CCN2S(=O)(=O)C1CC1. The first-order valence-corrected chi connectivity index (χ1v) is 8.90. The summed E-state index contributed by atoms with van der Waals surface area (Å²) >= 11 is 0. The molecule has 7 nitrogen and oxygen atoms in total. The van der Waals surface area contributed by atoms with Crippen molar-refractivity contribution in [2.75, 3.05) is 13.1 Å². The lowest BCUT2D eigenvalue weighted by atomic mass is 10.1. The van der Waals surface area contributed by atoms with E-state index in [-0.39, 0.29) is 23.2 Å². The molecule has 0 bridgehead atoms. The predicted molar refractivity (Wildman–Crippen MR) is 75.1 cm³/mol. The molecule has 114 valence electrons. The Balaban J connectivity index is 1.55. The number of nitrogens with one attached hydrogen (secondary N) is 1. The van der Waals surface area contributed by atoms with Gasteiger partial charge < -0.3 is 4.90 Å². The van der Waals surface area contributed by atoms with Crippen molar-refractivity contribution in [1.82, 2.24) is 19.4 Å². The molecule has 8 heteroatoms. The van der Waals surface area contributed by atoms with Crippen molar-refractivity contribution in [2.45, 2.75) is 43.0 Å². The number of likely N-dealkylation sites (tertiary alicyclic amines) is 1. The second-order valence-corrected chi connectivity index (χ2v) is 8.20. The van der Waals surface area contributed by atoms with Crippen LogP contribution in [0.3, 0.4) is 0 Å². The summed E-state index contributed by atoms with van der Waals surface area (Å²) in [4.78, 5) is 14.2. The minimum Gasteiger partial charge on any atom is -0.333 e. The summed E-state index contributed by atoms with van der Waals surface area (Å²) in [5, 5.41) is 6.32. The van der Waals surface area contributed by atoms with Gasteiger partial charge in [0.05, 0.1) is 11.3 Å². The van der Waals surface area contributed by atoms with Crippen molar-refractivity contribution >= 4 is 15.9 Å². The molecule has 1 aromatic heterocycles. The van der Waals surface area contributed by atoms with Crippen LogP contribution in [0.5, 0.6) is 0 Å². The molecule has 2 aliphatic heterocycles. The predicted octanol–water partition coefficient (Wildman–Crippen LogP) is 0.191. The molecule has 1 N–H and O–H groups in total. The molecule has 0 radical (unpaired) electrons. The highest BCUT2D eigenvalue weighted by Crippen LogP contribution is 2.39. The molecule has 1 aliphatic carbocycles. The van der Waals surface area contributed by atoms with E-state index in [4.69, 9.17) is 0 Å². The average Bonchev–Trinajstić information content (AvgIpc) is 2.91. The Kier molecular flexibility index (Phi) is 2.87. The number of H-pyrrole nitrogens is 1. The second kappa shape index (κ2) is 4.54. The van der Waals surface area contributed by atoms with Crippen molar-refractivity contribution < 1.29 is 13.2 Å². The lowest BCUT2D eigenvalue weighted by Gasteiger charge is -2.25. The Morgan fingerprint density at radius 3 is 2.62 bits per heavy atom. The molecular weight excluding hydrogens is 292 g/mol. The monoisotopic (exact) mass is 310 g/mol. The number of fused-ring (bicyclic) bond motifs is 1. The Morgan fingerprint density at radius 2 is 1.95 bits per heavy atom. The number of rotatable bonds is 3. The zero-order valence-electron chi connectivity index (χ0n) is 11.6. The summed E-state index contributed by atoms with van der Waals surface area (Å²) in [6.07, 6.45) is 4.59. The van der Waals surface area contributed by atoms with Gasteiger partial charge in [-0.1, -0.05) is 0 Å². The van der Waals surface area contributed by atoms with E-state index >= 15 is 0 Å². The van der Waals surface area contributed by atoms with Gasteiger partial charge in [0.2, 0.25) is 10.0 Å². The van der Waals surface area contributed by atoms with Crippen molar-refractivity contribution in [1.29, 1.82) is 0 Å². The standard InChI is InChI=1S/C13H18N4O3S/c18-13(10-3-6-14-15-10)16-7-4-12-11(16)5-8-17(12)21(19,20)9-1-2-9/h3,6,9,11-12H,1-2,4-5,7-8H2,(H,14,15)/t11-,12+/m1/s1. The van der Waals surface area contributed by atoms with Gasteiger partial charge in [-0.3, -0.25) is 9.89 Å². The number of aromatic amines is 1. The van der Waals surface area contributed by atoms with E-state index in [9.17, 15) is 13.2 Å². The molecule has 21 heavy (non-hydrogen) atoms. The van der Waals surface area contributed by atoms with E-state index in [1.165, 1.54) is 0 Å². The molecule has 4 rings (SSSR count). The minimum absolute atomic E-state index is 0.00863. The van der Waals surface area contributed by atoms with Crippen LogP contribution >= 0.6 is 0 Å². The summed E-state index contributed by atoms with van der Waals surface area (Å²) in [5.41, 5.74) is 0.471. The topological polar surface area (TPSA) is 86.4 Å². The van der Waals surface area contributed by atoms with Crippen LogP contribution in [0.2, 0.25) is 0 Å². The van der Waals surface area contributed by atoms with Crippen LogP contribution in [0.4, 0.5) is 0 Å². The van der Waals surface area contributed by atoms with Gasteiger partial charge in [-0.15, -0.1) is 0 Å². The number of sulfonamides is 1. The maximum atomic E-state index is 12.4. The zero-order valence-corrected chi connectivity index (χ0v) is 12.4. The third-order valence-electron chi connectivity index (χ3n) is 4.79. The molecule has 0 aromatic carbocycles. The third-order valence-corrected chi connectivity index (χ3v) is 7.21. The number of aromatic nitrogens is 2. The van der Waals surface area contributed by atoms with Crippen LogP contribution in [-0.2, 0) is 10.0 Å². The highest BCUT2D eigenvalue weighted by Gasteiger charge is 2.52. The Morgan fingerprint density at radius 1 is 1.19 bits per heavy atom. The van der Waals surface area contributed by atoms with Gasteiger partial charge >= 0.3 is 0 Å². The molecule has 3 aliphatic rings. The quantitative estimate of drug-likeness (QED) is 0.863. The number of nitrogens with zero attached hydrogens (tertiary/aromatic N) is 3. The van der Waals surface area contributed by atoms with Gasteiger partial charge in [0.15, 0.2) is 0 Å². The van der Waals surface area contributed by atoms with Gasteiger partial charge in [-0.2, -0.15) is 9.40 Å². The van der Waals surface area contributed by atoms with Crippen LogP contribution in [0.15, 0.2) is 12.3 Å². The molecule has 2 saturated heterocycles. The van der Waals surface area contributed by atoms with Crippen molar-refractivity contribution in [3.8, 4) is 0 Å². The van der Waals surface area contributed by atoms with E-state index in [0.29, 0.717) is 18.8 Å². The van der Waals surface area contributed by atoms with E-state index in [2.05, 4.69) is 10.2 Å². The lowest BCUT2D eigenvalue weighted by Crippen LogP contribution is -2.42. The number of carbonyl (C=O) groups is 1. The molecule has 1 saturated carbocycles. The highest BCUT2D eigenvalue weighted by atomic mass is 32.2. The number of hydrogen-bond donors (Lipinski definition) is 1. The maximum Gasteiger partial charge on any atom is 0.272 e. The van der Waals surface area contributed by atoms with Crippen LogP contribution in [0, 0.1) is 0 Å². The largest absolute Gasteiger partial charge is 0.333 e. The fourth-order valence-corrected chi connectivity index (χ4v) is 5.70. The molecule has 1 aromatic rings. The first-order chi connectivity index (χ1) is 10.1. The van der Waals surface area contributed by atoms with Crippen LogP contribution in [-0.4, -0.2) is 64.2 Å². The fraction of sp³-hybridized carbons (Fsp3) is 0.692. The van der Waals surface area contributed by atoms with Gasteiger partial charge in [-0.25, -0.2) is 8.42 Å². The van der Waals surface area contributed by atoms with Crippen molar-refractivity contribution in [2.24, 2.45) is 0 Å². The third kappa shape index (κ3) is 2.00. The Hall–Kier alpha value is -1.41. The number of carbonyl (C=O) groups excluding carboxylic acids is 1. The van der Waals surface area contributed by atoms with Crippen LogP contribution < -0.4 is 0 Å². The second-order valence-electron chi connectivity index (χ2n) is 6.04.